The van der Waals surface area contributed by atoms with Crippen LogP contribution in [-0.4, -0.2) is 24.3 Å². The van der Waals surface area contributed by atoms with Crippen molar-refractivity contribution in [1.82, 2.24) is 0 Å². The standard InChI is InChI=1S/C10H16N2O2/c1-5-6-14-10(13)9-7(2)8(3)11-12(9)4/h5-6H2,1-4H3/q+1. The Morgan fingerprint density at radius 3 is 2.57 bits per heavy atom. The molecular weight excluding hydrogens is 180 g/mol. The molecule has 1 heterocycles. The van der Waals surface area contributed by atoms with E-state index in [1.54, 1.807) is 11.7 Å². The third-order valence-electron chi connectivity index (χ3n) is 2.15. The van der Waals surface area contributed by atoms with Gasteiger partial charge >= 0.3 is 11.7 Å². The first kappa shape index (κ1) is 10.9. The molecule has 0 aromatic heterocycles. The van der Waals surface area contributed by atoms with E-state index in [1.807, 2.05) is 20.8 Å². The Balaban J connectivity index is 2.77. The van der Waals surface area contributed by atoms with Gasteiger partial charge < -0.3 is 4.74 Å². The maximum atomic E-state index is 11.6. The van der Waals surface area contributed by atoms with Crippen molar-refractivity contribution >= 4 is 5.97 Å². The molecule has 0 unspecified atom stereocenters. The molecule has 77 valence electrons. The maximum absolute atomic E-state index is 11.6. The van der Waals surface area contributed by atoms with Crippen LogP contribution in [0.3, 0.4) is 0 Å². The molecule has 1 aliphatic rings. The van der Waals surface area contributed by atoms with Gasteiger partial charge in [-0.3, -0.25) is 0 Å². The van der Waals surface area contributed by atoms with Crippen molar-refractivity contribution in [1.29, 1.82) is 0 Å². The van der Waals surface area contributed by atoms with E-state index in [-0.39, 0.29) is 5.97 Å². The summed E-state index contributed by atoms with van der Waals surface area (Å²) in [6.45, 7) is 6.19. The zero-order chi connectivity index (χ0) is 10.7. The Morgan fingerprint density at radius 2 is 2.14 bits per heavy atom. The van der Waals surface area contributed by atoms with Crippen LogP contribution in [0, 0.1) is 6.04 Å². The van der Waals surface area contributed by atoms with E-state index in [0.29, 0.717) is 12.3 Å². The fourth-order valence-electron chi connectivity index (χ4n) is 1.31. The highest BCUT2D eigenvalue weighted by atomic mass is 16.5. The molecule has 1 aliphatic heterocycles. The van der Waals surface area contributed by atoms with Crippen LogP contribution >= 0.6 is 0 Å². The van der Waals surface area contributed by atoms with Crippen LogP contribution in [0.2, 0.25) is 0 Å². The second-order valence-corrected chi connectivity index (χ2v) is 3.32. The van der Waals surface area contributed by atoms with Crippen molar-refractivity contribution in [2.75, 3.05) is 13.7 Å². The van der Waals surface area contributed by atoms with Gasteiger partial charge in [0.2, 0.25) is 0 Å². The van der Waals surface area contributed by atoms with Crippen LogP contribution in [0.15, 0.2) is 16.4 Å². The Morgan fingerprint density at radius 1 is 1.50 bits per heavy atom. The quantitative estimate of drug-likeness (QED) is 0.511. The highest BCUT2D eigenvalue weighted by Crippen LogP contribution is 2.26. The van der Waals surface area contributed by atoms with Gasteiger partial charge in [-0.15, -0.1) is 0 Å². The second-order valence-electron chi connectivity index (χ2n) is 3.32. The van der Waals surface area contributed by atoms with Crippen molar-refractivity contribution < 1.29 is 14.2 Å². The minimum atomic E-state index is -0.285. The van der Waals surface area contributed by atoms with Gasteiger partial charge in [-0.05, 0) is 25.4 Å². The summed E-state index contributed by atoms with van der Waals surface area (Å²) in [5.74, 6) is -0.285. The smallest absolute Gasteiger partial charge is 0.406 e. The lowest BCUT2D eigenvalue weighted by Crippen LogP contribution is -2.15. The predicted molar refractivity (Wildman–Crippen MR) is 51.5 cm³/mol. The number of carbonyl (C=O) groups excluding carboxylic acids is 1. The monoisotopic (exact) mass is 196 g/mol. The number of nitrogens with zero attached hydrogens (tertiary/aromatic N) is 2. The van der Waals surface area contributed by atoms with Gasteiger partial charge in [0, 0.05) is 5.57 Å². The van der Waals surface area contributed by atoms with Gasteiger partial charge in [-0.25, -0.2) is 4.79 Å². The Hall–Kier alpha value is -1.19. The summed E-state index contributed by atoms with van der Waals surface area (Å²) in [5, 5.41) is 4.16. The van der Waals surface area contributed by atoms with E-state index >= 15 is 0 Å². The summed E-state index contributed by atoms with van der Waals surface area (Å²) in [5.41, 5.74) is 1.45. The molecule has 0 aromatic rings. The molecule has 1 rings (SSSR count). The van der Waals surface area contributed by atoms with Crippen LogP contribution in [0.5, 0.6) is 0 Å². The lowest BCUT2D eigenvalue weighted by atomic mass is 10.1. The average molecular weight is 196 g/mol. The van der Waals surface area contributed by atoms with Crippen LogP contribution in [0.1, 0.15) is 27.2 Å². The van der Waals surface area contributed by atoms with Crippen molar-refractivity contribution in [2.45, 2.75) is 27.2 Å². The molecule has 0 fully saturated rings. The molecular formula is C10H16N2O2+. The van der Waals surface area contributed by atoms with E-state index in [9.17, 15) is 4.79 Å². The first-order valence-corrected chi connectivity index (χ1v) is 4.75. The summed E-state index contributed by atoms with van der Waals surface area (Å²) in [7, 11) is 1.75. The van der Waals surface area contributed by atoms with E-state index in [1.165, 1.54) is 0 Å². The van der Waals surface area contributed by atoms with Gasteiger partial charge in [0.15, 0.2) is 13.1 Å². The molecule has 1 radical (unpaired) electrons. The van der Waals surface area contributed by atoms with Crippen LogP contribution in [0.25, 0.3) is 0 Å². The Bertz CT molecular complexity index is 305. The molecule has 0 saturated heterocycles. The third-order valence-corrected chi connectivity index (χ3v) is 2.15. The lowest BCUT2D eigenvalue weighted by Gasteiger charge is -2.00. The van der Waals surface area contributed by atoms with Crippen molar-refractivity contribution in [3.05, 3.63) is 17.3 Å². The van der Waals surface area contributed by atoms with E-state index in [0.717, 1.165) is 18.0 Å². The molecule has 0 atom stereocenters. The lowest BCUT2D eigenvalue weighted by molar-refractivity contribution is -0.506. The molecule has 0 N–H and O–H groups in total. The SMILES string of the molecule is CCCOC(=O)C1=C(C)[C](C)N=[N+]1C. The molecule has 14 heavy (non-hydrogen) atoms. The molecule has 0 aliphatic carbocycles. The number of rotatable bonds is 3. The first-order chi connectivity index (χ1) is 6.57. The van der Waals surface area contributed by atoms with Crippen molar-refractivity contribution in [2.24, 2.45) is 5.11 Å². The summed E-state index contributed by atoms with van der Waals surface area (Å²) < 4.78 is 6.62. The number of esters is 1. The number of azo groups is 2. The molecule has 0 amide bonds. The number of hydrogen-bond donors (Lipinski definition) is 0. The largest absolute Gasteiger partial charge is 0.458 e. The second kappa shape index (κ2) is 4.35. The van der Waals surface area contributed by atoms with Gasteiger partial charge in [-0.1, -0.05) is 11.6 Å². The topological polar surface area (TPSA) is 41.7 Å². The zero-order valence-electron chi connectivity index (χ0n) is 9.13. The number of hydrogen-bond acceptors (Lipinski definition) is 3. The molecule has 0 saturated carbocycles. The normalized spacial score (nSPS) is 17.3. The van der Waals surface area contributed by atoms with Crippen LogP contribution in [0.4, 0.5) is 0 Å². The van der Waals surface area contributed by atoms with Gasteiger partial charge in [-0.2, -0.15) is 0 Å². The number of likely N-dealkylation sites (N-methyl/N-ethyl adjacent to an activating group) is 1. The highest BCUT2D eigenvalue weighted by Gasteiger charge is 2.35. The first-order valence-electron chi connectivity index (χ1n) is 4.75. The zero-order valence-corrected chi connectivity index (χ0v) is 9.13. The summed E-state index contributed by atoms with van der Waals surface area (Å²) >= 11 is 0. The van der Waals surface area contributed by atoms with E-state index in [4.69, 9.17) is 4.74 Å². The summed E-state index contributed by atoms with van der Waals surface area (Å²) in [6, 6.07) is 0.871. The molecule has 0 bridgehead atoms. The third kappa shape index (κ3) is 2.00. The fraction of sp³-hybridized carbons (Fsp3) is 0.600. The van der Waals surface area contributed by atoms with Gasteiger partial charge in [0.1, 0.15) is 0 Å². The average Bonchev–Trinajstić information content (AvgIpc) is 2.38. The minimum absolute atomic E-state index is 0.285. The Kier molecular flexibility index (Phi) is 3.38. The van der Waals surface area contributed by atoms with Crippen LogP contribution in [-0.2, 0) is 9.53 Å². The molecule has 4 heteroatoms. The van der Waals surface area contributed by atoms with E-state index < -0.39 is 0 Å². The van der Waals surface area contributed by atoms with Crippen molar-refractivity contribution in [3.63, 3.8) is 0 Å². The highest BCUT2D eigenvalue weighted by molar-refractivity contribution is 5.87. The molecule has 0 aromatic carbocycles. The number of carbonyl (C=O) groups is 1. The molecule has 0 spiro atoms. The maximum Gasteiger partial charge on any atom is 0.406 e. The van der Waals surface area contributed by atoms with E-state index in [2.05, 4.69) is 5.11 Å². The minimum Gasteiger partial charge on any atom is -0.458 e. The fourth-order valence-corrected chi connectivity index (χ4v) is 1.31. The Labute approximate surface area is 84.3 Å². The van der Waals surface area contributed by atoms with Crippen LogP contribution < -0.4 is 0 Å². The summed E-state index contributed by atoms with van der Waals surface area (Å²) in [4.78, 5) is 11.6. The van der Waals surface area contributed by atoms with Crippen molar-refractivity contribution in [3.8, 4) is 0 Å². The summed E-state index contributed by atoms with van der Waals surface area (Å²) in [6.07, 6.45) is 0.835. The van der Waals surface area contributed by atoms with Gasteiger partial charge in [0.05, 0.1) is 6.61 Å². The van der Waals surface area contributed by atoms with Gasteiger partial charge in [0.25, 0.3) is 0 Å². The predicted octanol–water partition coefficient (Wildman–Crippen LogP) is 1.87. The molecule has 4 nitrogen and oxygen atoms in total. The number of ether oxygens (including phenoxy) is 1.